The van der Waals surface area contributed by atoms with E-state index in [2.05, 4.69) is 52.5 Å². The molecule has 2 saturated heterocycles. The van der Waals surface area contributed by atoms with Crippen LogP contribution in [0.3, 0.4) is 0 Å². The van der Waals surface area contributed by atoms with Crippen molar-refractivity contribution in [2.45, 2.75) is 77.0 Å². The minimum Gasteiger partial charge on any atom is -0.361 e. The average Bonchev–Trinajstić information content (AvgIpc) is 2.93. The fraction of sp³-hybridized carbons (Fsp3) is 0.633. The van der Waals surface area contributed by atoms with Crippen LogP contribution in [-0.4, -0.2) is 47.8 Å². The van der Waals surface area contributed by atoms with E-state index in [0.29, 0.717) is 17.0 Å². The van der Waals surface area contributed by atoms with Gasteiger partial charge >= 0.3 is 0 Å². The van der Waals surface area contributed by atoms with Crippen LogP contribution in [0.4, 0.5) is 17.6 Å². The molecule has 2 aromatic rings. The van der Waals surface area contributed by atoms with E-state index in [9.17, 15) is 0 Å². The summed E-state index contributed by atoms with van der Waals surface area (Å²) in [6.07, 6.45) is 11.0. The fourth-order valence-corrected chi connectivity index (χ4v) is 6.72. The number of nitrogens with zero attached hydrogens (tertiary/aromatic N) is 4. The normalized spacial score (nSPS) is 22.2. The molecule has 1 saturated carbocycles. The molecule has 8 heteroatoms. The van der Waals surface area contributed by atoms with Crippen molar-refractivity contribution in [3.05, 3.63) is 40.9 Å². The smallest absolute Gasteiger partial charge is 0.232 e. The molecular weight excluding hydrogens is 512 g/mol. The lowest BCUT2D eigenvalue weighted by atomic mass is 9.69. The Labute approximate surface area is 238 Å². The second-order valence-corrected chi connectivity index (χ2v) is 12.8. The maximum absolute atomic E-state index is 6.20. The van der Waals surface area contributed by atoms with Crippen LogP contribution in [0, 0.1) is 11.8 Å². The number of piperidine rings is 2. The third-order valence-electron chi connectivity index (χ3n) is 8.87. The summed E-state index contributed by atoms with van der Waals surface area (Å²) < 4.78 is 0. The lowest BCUT2D eigenvalue weighted by Gasteiger charge is -2.38. The van der Waals surface area contributed by atoms with Gasteiger partial charge in [0, 0.05) is 49.2 Å². The molecule has 5 rings (SSSR count). The van der Waals surface area contributed by atoms with Crippen molar-refractivity contribution < 1.29 is 0 Å². The maximum Gasteiger partial charge on any atom is 0.232 e. The van der Waals surface area contributed by atoms with E-state index in [1.54, 1.807) is 0 Å². The first-order valence-electron chi connectivity index (χ1n) is 14.6. The Bertz CT molecular complexity index is 1080. The van der Waals surface area contributed by atoms with Crippen molar-refractivity contribution in [3.63, 3.8) is 0 Å². The molecule has 1 aromatic heterocycles. The molecule has 1 aromatic carbocycles. The summed E-state index contributed by atoms with van der Waals surface area (Å²) >= 11 is 12.0. The molecule has 38 heavy (non-hydrogen) atoms. The second-order valence-electron chi connectivity index (χ2n) is 11.9. The quantitative estimate of drug-likeness (QED) is 0.381. The number of thiocarbonyl (C=S) groups is 1. The van der Waals surface area contributed by atoms with Gasteiger partial charge in [0.2, 0.25) is 5.95 Å². The molecule has 6 nitrogen and oxygen atoms in total. The molecule has 1 atom stereocenters. The topological polar surface area (TPSA) is 56.3 Å². The molecule has 3 heterocycles. The third-order valence-corrected chi connectivity index (χ3v) is 9.37. The van der Waals surface area contributed by atoms with Crippen molar-refractivity contribution in [2.75, 3.05) is 47.8 Å². The Morgan fingerprint density at radius 1 is 0.921 bits per heavy atom. The minimum atomic E-state index is 0.0663. The molecule has 0 amide bonds. The lowest BCUT2D eigenvalue weighted by molar-refractivity contribution is 0.292. The summed E-state index contributed by atoms with van der Waals surface area (Å²) in [5.74, 6) is 4.07. The largest absolute Gasteiger partial charge is 0.361 e. The summed E-state index contributed by atoms with van der Waals surface area (Å²) in [5.41, 5.74) is 1.41. The first-order valence-corrected chi connectivity index (χ1v) is 15.4. The van der Waals surface area contributed by atoms with E-state index < -0.39 is 0 Å². The van der Waals surface area contributed by atoms with Crippen molar-refractivity contribution in [3.8, 4) is 0 Å². The zero-order valence-electron chi connectivity index (χ0n) is 23.0. The molecule has 1 aliphatic carbocycles. The highest BCUT2D eigenvalue weighted by Crippen LogP contribution is 2.39. The molecular formula is C30H43ClN6S. The summed E-state index contributed by atoms with van der Waals surface area (Å²) in [7, 11) is 0. The summed E-state index contributed by atoms with van der Waals surface area (Å²) in [5, 5.41) is 8.28. The summed E-state index contributed by atoms with van der Waals surface area (Å²) in [4.78, 5) is 14.7. The Morgan fingerprint density at radius 3 is 2.29 bits per heavy atom. The number of aromatic nitrogens is 2. The van der Waals surface area contributed by atoms with Crippen LogP contribution in [0.5, 0.6) is 0 Å². The van der Waals surface area contributed by atoms with Gasteiger partial charge in [0.25, 0.3) is 0 Å². The van der Waals surface area contributed by atoms with Crippen LogP contribution in [0.1, 0.15) is 77.2 Å². The average molecular weight is 555 g/mol. The predicted octanol–water partition coefficient (Wildman–Crippen LogP) is 6.79. The number of hydrogen-bond acceptors (Lipinski definition) is 5. The van der Waals surface area contributed by atoms with E-state index >= 15 is 0 Å². The van der Waals surface area contributed by atoms with Crippen molar-refractivity contribution >= 4 is 46.5 Å². The van der Waals surface area contributed by atoms with Gasteiger partial charge in [-0.05, 0) is 80.3 Å². The maximum atomic E-state index is 6.20. The standard InChI is InChI=1S/C30H43ClN6S/c1-22-12-17-36(18-13-22)26-19-27(37-16-6-7-23(2)20-37)34-28(33-26)35-29(38)32-21-30(14-4-3-5-15-30)24-8-10-25(31)11-9-24/h8-11,19,22-23H,3-7,12-18,20-21H2,1-2H3,(H2,32,33,34,35,38). The van der Waals surface area contributed by atoms with Crippen LogP contribution in [0.2, 0.25) is 5.02 Å². The number of anilines is 3. The molecule has 2 aliphatic heterocycles. The van der Waals surface area contributed by atoms with E-state index in [1.807, 2.05) is 12.1 Å². The number of halogens is 1. The van der Waals surface area contributed by atoms with Crippen LogP contribution in [0.15, 0.2) is 30.3 Å². The van der Waals surface area contributed by atoms with E-state index in [0.717, 1.165) is 68.1 Å². The van der Waals surface area contributed by atoms with Crippen LogP contribution in [0.25, 0.3) is 0 Å². The van der Waals surface area contributed by atoms with E-state index in [1.165, 1.54) is 50.5 Å². The minimum absolute atomic E-state index is 0.0663. The Morgan fingerprint density at radius 2 is 1.61 bits per heavy atom. The first-order chi connectivity index (χ1) is 18.4. The van der Waals surface area contributed by atoms with Gasteiger partial charge in [0.1, 0.15) is 11.6 Å². The Hall–Kier alpha value is -2.12. The van der Waals surface area contributed by atoms with Gasteiger partial charge in [0.15, 0.2) is 5.11 Å². The SMILES string of the molecule is CC1CCN(c2cc(N3CCCC(C)C3)nc(NC(=S)NCC3(c4ccc(Cl)cc4)CCCCC3)n2)CC1. The van der Waals surface area contributed by atoms with E-state index in [-0.39, 0.29) is 5.41 Å². The number of rotatable bonds is 6. The molecule has 0 radical (unpaired) electrons. The second kappa shape index (κ2) is 12.4. The van der Waals surface area contributed by atoms with Crippen LogP contribution >= 0.6 is 23.8 Å². The highest BCUT2D eigenvalue weighted by Gasteiger charge is 2.34. The molecule has 0 spiro atoms. The van der Waals surface area contributed by atoms with E-state index in [4.69, 9.17) is 33.8 Å². The number of hydrogen-bond donors (Lipinski definition) is 2. The molecule has 1 unspecified atom stereocenters. The monoisotopic (exact) mass is 554 g/mol. The summed E-state index contributed by atoms with van der Waals surface area (Å²) in [6.45, 7) is 9.64. The number of nitrogens with one attached hydrogen (secondary N) is 2. The van der Waals surface area contributed by atoms with Gasteiger partial charge in [-0.2, -0.15) is 9.97 Å². The first kappa shape index (κ1) is 27.4. The molecule has 2 N–H and O–H groups in total. The zero-order valence-corrected chi connectivity index (χ0v) is 24.6. The van der Waals surface area contributed by atoms with Crippen molar-refractivity contribution in [1.82, 2.24) is 15.3 Å². The van der Waals surface area contributed by atoms with Crippen LogP contribution in [-0.2, 0) is 5.41 Å². The van der Waals surface area contributed by atoms with Gasteiger partial charge in [0.05, 0.1) is 0 Å². The zero-order chi connectivity index (χ0) is 26.5. The van der Waals surface area contributed by atoms with Gasteiger partial charge < -0.3 is 20.4 Å². The van der Waals surface area contributed by atoms with Gasteiger partial charge in [-0.3, -0.25) is 0 Å². The third kappa shape index (κ3) is 6.71. The highest BCUT2D eigenvalue weighted by atomic mass is 35.5. The summed E-state index contributed by atoms with van der Waals surface area (Å²) in [6, 6.07) is 10.6. The lowest BCUT2D eigenvalue weighted by Crippen LogP contribution is -2.43. The van der Waals surface area contributed by atoms with Crippen molar-refractivity contribution in [2.24, 2.45) is 11.8 Å². The van der Waals surface area contributed by atoms with Gasteiger partial charge in [-0.15, -0.1) is 0 Å². The predicted molar refractivity (Wildman–Crippen MR) is 164 cm³/mol. The fourth-order valence-electron chi connectivity index (χ4n) is 6.43. The van der Waals surface area contributed by atoms with Gasteiger partial charge in [-0.25, -0.2) is 0 Å². The molecule has 206 valence electrons. The van der Waals surface area contributed by atoms with Crippen molar-refractivity contribution in [1.29, 1.82) is 0 Å². The Balaban J connectivity index is 1.32. The molecule has 0 bridgehead atoms. The van der Waals surface area contributed by atoms with Gasteiger partial charge in [-0.1, -0.05) is 56.8 Å². The van der Waals surface area contributed by atoms with Crippen LogP contribution < -0.4 is 20.4 Å². The highest BCUT2D eigenvalue weighted by molar-refractivity contribution is 7.80. The number of benzene rings is 1. The Kier molecular flexibility index (Phi) is 8.94. The molecule has 3 fully saturated rings. The molecule has 3 aliphatic rings.